The van der Waals surface area contributed by atoms with Crippen molar-refractivity contribution in [3.05, 3.63) is 94.5 Å². The molecule has 7 nitrogen and oxygen atoms in total. The predicted octanol–water partition coefficient (Wildman–Crippen LogP) is 5.34. The number of nitrogens with one attached hydrogen (secondary N) is 1. The van der Waals surface area contributed by atoms with E-state index >= 15 is 0 Å². The number of carbonyl (C=O) groups is 2. The third kappa shape index (κ3) is 8.07. The van der Waals surface area contributed by atoms with E-state index < -0.39 is 28.5 Å². The van der Waals surface area contributed by atoms with Gasteiger partial charge in [0, 0.05) is 18.1 Å². The van der Waals surface area contributed by atoms with Gasteiger partial charge in [0.05, 0.1) is 10.6 Å². The fourth-order valence-corrected chi connectivity index (χ4v) is 5.44. The summed E-state index contributed by atoms with van der Waals surface area (Å²) in [6.07, 6.45) is 0. The lowest BCUT2D eigenvalue weighted by Crippen LogP contribution is -2.51. The molecule has 3 aromatic carbocycles. The van der Waals surface area contributed by atoms with Gasteiger partial charge in [0.2, 0.25) is 11.8 Å². The number of anilines is 1. The van der Waals surface area contributed by atoms with Crippen molar-refractivity contribution in [1.29, 1.82) is 0 Å². The first-order valence-corrected chi connectivity index (χ1v) is 14.7. The Balaban J connectivity index is 2.00. The third-order valence-electron chi connectivity index (χ3n) is 6.33. The molecule has 0 bridgehead atoms. The Morgan fingerprint density at radius 2 is 1.38 bits per heavy atom. The summed E-state index contributed by atoms with van der Waals surface area (Å²) >= 11 is 5.99. The molecular weight excluding hydrogens is 534 g/mol. The molecule has 9 heteroatoms. The van der Waals surface area contributed by atoms with Crippen molar-refractivity contribution in [3.8, 4) is 0 Å². The van der Waals surface area contributed by atoms with Gasteiger partial charge < -0.3 is 10.2 Å². The highest BCUT2D eigenvalue weighted by molar-refractivity contribution is 7.92. The molecule has 1 unspecified atom stereocenters. The van der Waals surface area contributed by atoms with E-state index in [9.17, 15) is 18.0 Å². The first-order valence-electron chi connectivity index (χ1n) is 12.9. The number of carbonyl (C=O) groups excluding carboxylic acids is 2. The summed E-state index contributed by atoms with van der Waals surface area (Å²) in [6.45, 7) is 9.63. The molecule has 0 aliphatic rings. The fraction of sp³-hybridized carbons (Fsp3) is 0.333. The summed E-state index contributed by atoms with van der Waals surface area (Å²) in [4.78, 5) is 28.4. The van der Waals surface area contributed by atoms with Crippen molar-refractivity contribution in [2.24, 2.45) is 5.92 Å². The first-order chi connectivity index (χ1) is 18.4. The van der Waals surface area contributed by atoms with Gasteiger partial charge in [-0.2, -0.15) is 0 Å². The highest BCUT2D eigenvalue weighted by Crippen LogP contribution is 2.26. The molecule has 0 radical (unpaired) electrons. The van der Waals surface area contributed by atoms with Crippen LogP contribution in [0.25, 0.3) is 0 Å². The molecule has 208 valence electrons. The summed E-state index contributed by atoms with van der Waals surface area (Å²) in [7, 11) is -4.13. The summed E-state index contributed by atoms with van der Waals surface area (Å²) in [6, 6.07) is 19.6. The molecule has 0 saturated heterocycles. The number of benzene rings is 3. The maximum Gasteiger partial charge on any atom is 0.264 e. The lowest BCUT2D eigenvalue weighted by Gasteiger charge is -2.32. The van der Waals surface area contributed by atoms with E-state index in [-0.39, 0.29) is 23.3 Å². The van der Waals surface area contributed by atoms with Crippen LogP contribution in [0.5, 0.6) is 0 Å². The van der Waals surface area contributed by atoms with Crippen LogP contribution in [-0.4, -0.2) is 44.3 Å². The van der Waals surface area contributed by atoms with Crippen LogP contribution >= 0.6 is 11.6 Å². The third-order valence-corrected chi connectivity index (χ3v) is 8.37. The van der Waals surface area contributed by atoms with Gasteiger partial charge in [0.25, 0.3) is 10.0 Å². The van der Waals surface area contributed by atoms with Gasteiger partial charge in [0.1, 0.15) is 12.6 Å². The van der Waals surface area contributed by atoms with Crippen LogP contribution in [0.4, 0.5) is 5.69 Å². The normalized spacial score (nSPS) is 12.2. The van der Waals surface area contributed by atoms with E-state index in [0.29, 0.717) is 17.3 Å². The van der Waals surface area contributed by atoms with Crippen molar-refractivity contribution in [3.63, 3.8) is 0 Å². The summed E-state index contributed by atoms with van der Waals surface area (Å²) < 4.78 is 28.7. The molecule has 3 aromatic rings. The van der Waals surface area contributed by atoms with E-state index in [4.69, 9.17) is 11.6 Å². The molecule has 0 saturated carbocycles. The first kappa shape index (κ1) is 30.2. The second-order valence-electron chi connectivity index (χ2n) is 10.1. The Morgan fingerprint density at radius 1 is 0.846 bits per heavy atom. The van der Waals surface area contributed by atoms with Crippen LogP contribution < -0.4 is 9.62 Å². The summed E-state index contributed by atoms with van der Waals surface area (Å²) in [5, 5.41) is 3.29. The van der Waals surface area contributed by atoms with Crippen molar-refractivity contribution >= 4 is 39.1 Å². The standard InChI is InChI=1S/C30H36ClN3O4S/c1-21(2)18-32-30(36)24(5)33(19-25-10-6-22(3)7-11-25)29(35)20-34(27-14-8-23(4)9-15-27)39(37,38)28-16-12-26(31)13-17-28/h6-17,21,24H,18-20H2,1-5H3,(H,32,36). The smallest absolute Gasteiger partial charge is 0.264 e. The number of sulfonamides is 1. The molecule has 0 spiro atoms. The number of rotatable bonds is 11. The monoisotopic (exact) mass is 569 g/mol. The number of hydrogen-bond donors (Lipinski definition) is 1. The van der Waals surface area contributed by atoms with Crippen molar-refractivity contribution in [2.45, 2.75) is 52.1 Å². The van der Waals surface area contributed by atoms with E-state index in [1.54, 1.807) is 31.2 Å². The Morgan fingerprint density at radius 3 is 1.92 bits per heavy atom. The molecule has 0 aliphatic carbocycles. The highest BCUT2D eigenvalue weighted by Gasteiger charge is 2.32. The zero-order chi connectivity index (χ0) is 28.7. The zero-order valence-corrected chi connectivity index (χ0v) is 24.6. The largest absolute Gasteiger partial charge is 0.354 e. The van der Waals surface area contributed by atoms with E-state index in [1.807, 2.05) is 52.0 Å². The lowest BCUT2D eigenvalue weighted by atomic mass is 10.1. The average molecular weight is 570 g/mol. The molecule has 1 atom stereocenters. The summed E-state index contributed by atoms with van der Waals surface area (Å²) in [5.74, 6) is -0.559. The van der Waals surface area contributed by atoms with Gasteiger partial charge in [0.15, 0.2) is 0 Å². The Kier molecular flexibility index (Phi) is 10.2. The minimum Gasteiger partial charge on any atom is -0.354 e. The Bertz CT molecular complexity index is 1370. The Hall–Kier alpha value is -3.36. The number of aryl methyl sites for hydroxylation is 2. The van der Waals surface area contributed by atoms with Gasteiger partial charge >= 0.3 is 0 Å². The van der Waals surface area contributed by atoms with E-state index in [0.717, 1.165) is 21.0 Å². The van der Waals surface area contributed by atoms with Crippen LogP contribution in [0.2, 0.25) is 5.02 Å². The SMILES string of the molecule is Cc1ccc(CN(C(=O)CN(c2ccc(C)cc2)S(=O)(=O)c2ccc(Cl)cc2)C(C)C(=O)NCC(C)C)cc1. The molecule has 3 rings (SSSR count). The van der Waals surface area contributed by atoms with Crippen LogP contribution in [0, 0.1) is 19.8 Å². The van der Waals surface area contributed by atoms with Gasteiger partial charge in [-0.05, 0) is 68.7 Å². The van der Waals surface area contributed by atoms with Crippen LogP contribution in [0.3, 0.4) is 0 Å². The van der Waals surface area contributed by atoms with Crippen LogP contribution in [-0.2, 0) is 26.2 Å². The highest BCUT2D eigenvalue weighted by atomic mass is 35.5. The number of halogens is 1. The zero-order valence-electron chi connectivity index (χ0n) is 23.0. The summed E-state index contributed by atoms with van der Waals surface area (Å²) in [5.41, 5.74) is 3.19. The predicted molar refractivity (Wildman–Crippen MR) is 156 cm³/mol. The molecule has 39 heavy (non-hydrogen) atoms. The quantitative estimate of drug-likeness (QED) is 0.338. The van der Waals surface area contributed by atoms with Crippen LogP contribution in [0.15, 0.2) is 77.7 Å². The number of nitrogens with zero attached hydrogens (tertiary/aromatic N) is 2. The van der Waals surface area contributed by atoms with Gasteiger partial charge in [-0.25, -0.2) is 8.42 Å². The minimum atomic E-state index is -4.13. The van der Waals surface area contributed by atoms with Gasteiger partial charge in [-0.15, -0.1) is 0 Å². The molecule has 0 heterocycles. The van der Waals surface area contributed by atoms with Gasteiger partial charge in [-0.3, -0.25) is 13.9 Å². The fourth-order valence-electron chi connectivity index (χ4n) is 3.90. The number of hydrogen-bond acceptors (Lipinski definition) is 4. The second kappa shape index (κ2) is 13.1. The lowest BCUT2D eigenvalue weighted by molar-refractivity contribution is -0.139. The minimum absolute atomic E-state index is 0.00749. The van der Waals surface area contributed by atoms with E-state index in [2.05, 4.69) is 5.32 Å². The van der Waals surface area contributed by atoms with Crippen LogP contribution in [0.1, 0.15) is 37.5 Å². The van der Waals surface area contributed by atoms with Crippen molar-refractivity contribution in [2.75, 3.05) is 17.4 Å². The molecule has 1 N–H and O–H groups in total. The van der Waals surface area contributed by atoms with Gasteiger partial charge in [-0.1, -0.05) is 73.0 Å². The Labute approximate surface area is 236 Å². The molecule has 0 fully saturated rings. The number of amides is 2. The molecular formula is C30H36ClN3O4S. The molecule has 0 aromatic heterocycles. The molecule has 0 aliphatic heterocycles. The van der Waals surface area contributed by atoms with Crippen molar-refractivity contribution < 1.29 is 18.0 Å². The van der Waals surface area contributed by atoms with Crippen molar-refractivity contribution in [1.82, 2.24) is 10.2 Å². The van der Waals surface area contributed by atoms with E-state index in [1.165, 1.54) is 29.2 Å². The second-order valence-corrected chi connectivity index (χ2v) is 12.4. The molecule has 2 amide bonds. The topological polar surface area (TPSA) is 86.8 Å². The maximum absolute atomic E-state index is 13.9. The average Bonchev–Trinajstić information content (AvgIpc) is 2.90. The maximum atomic E-state index is 13.9.